The van der Waals surface area contributed by atoms with Crippen LogP contribution in [0.5, 0.6) is 0 Å². The van der Waals surface area contributed by atoms with E-state index in [1.54, 1.807) is 11.6 Å². The first-order chi connectivity index (χ1) is 5.61. The minimum absolute atomic E-state index is 0.0878. The number of hydrogen-bond acceptors (Lipinski definition) is 2. The van der Waals surface area contributed by atoms with Gasteiger partial charge in [0.05, 0.1) is 0 Å². The molecule has 3 N–H and O–H groups in total. The zero-order chi connectivity index (χ0) is 9.56. The fourth-order valence-corrected chi connectivity index (χ4v) is 0.483. The number of hydrogen-bond donors (Lipinski definition) is 3. The Kier molecular flexibility index (Phi) is 4.72. The van der Waals surface area contributed by atoms with E-state index in [0.29, 0.717) is 5.57 Å². The minimum atomic E-state index is -0.0878. The van der Waals surface area contributed by atoms with Crippen molar-refractivity contribution < 1.29 is 5.21 Å². The molecule has 0 amide bonds. The summed E-state index contributed by atoms with van der Waals surface area (Å²) in [6.07, 6.45) is 5.44. The van der Waals surface area contributed by atoms with Crippen LogP contribution in [-0.2, 0) is 0 Å². The van der Waals surface area contributed by atoms with Crippen molar-refractivity contribution in [2.24, 2.45) is 0 Å². The van der Waals surface area contributed by atoms with Gasteiger partial charge in [0, 0.05) is 5.57 Å². The Morgan fingerprint density at radius 2 is 2.08 bits per heavy atom. The minimum Gasteiger partial charge on any atom is -0.290 e. The second kappa shape index (κ2) is 5.32. The molecule has 0 radical (unpaired) electrons. The number of hydroxylamine groups is 1. The molecule has 0 bridgehead atoms. The van der Waals surface area contributed by atoms with Crippen LogP contribution in [0.4, 0.5) is 0 Å². The van der Waals surface area contributed by atoms with E-state index in [1.165, 1.54) is 0 Å². The standard InChI is InChI=1S/C9H14N2O/c1-4-7(2)5-6-8(3)9(10)11-12/h4-6,12H,3H2,1-2H3,(H2,10,11)/b6-5-,7-4-. The van der Waals surface area contributed by atoms with Crippen molar-refractivity contribution in [3.8, 4) is 0 Å². The molecule has 0 rings (SSSR count). The van der Waals surface area contributed by atoms with Crippen molar-refractivity contribution in [3.05, 3.63) is 36.0 Å². The topological polar surface area (TPSA) is 56.1 Å². The second-order valence-corrected chi connectivity index (χ2v) is 2.38. The molecule has 0 spiro atoms. The van der Waals surface area contributed by atoms with Gasteiger partial charge in [-0.2, -0.15) is 0 Å². The maximum Gasteiger partial charge on any atom is 0.148 e. The SMILES string of the molecule is C=C(/C=C\C(C)=C/C)C(=N)NO. The molecule has 0 saturated carbocycles. The van der Waals surface area contributed by atoms with Crippen molar-refractivity contribution in [2.75, 3.05) is 0 Å². The molecular formula is C9H14N2O. The lowest BCUT2D eigenvalue weighted by Crippen LogP contribution is -2.18. The summed E-state index contributed by atoms with van der Waals surface area (Å²) in [6, 6.07) is 0. The Bertz CT molecular complexity index is 239. The molecule has 0 aromatic rings. The molecule has 0 aromatic heterocycles. The normalized spacial score (nSPS) is 11.8. The van der Waals surface area contributed by atoms with Crippen LogP contribution in [0.3, 0.4) is 0 Å². The van der Waals surface area contributed by atoms with Crippen molar-refractivity contribution in [3.63, 3.8) is 0 Å². The van der Waals surface area contributed by atoms with E-state index in [0.717, 1.165) is 5.57 Å². The summed E-state index contributed by atoms with van der Waals surface area (Å²) in [7, 11) is 0. The van der Waals surface area contributed by atoms with Crippen molar-refractivity contribution in [2.45, 2.75) is 13.8 Å². The maximum atomic E-state index is 8.34. The predicted molar refractivity (Wildman–Crippen MR) is 50.4 cm³/mol. The molecular weight excluding hydrogens is 152 g/mol. The van der Waals surface area contributed by atoms with Gasteiger partial charge in [-0.05, 0) is 13.8 Å². The van der Waals surface area contributed by atoms with Crippen molar-refractivity contribution in [1.82, 2.24) is 5.48 Å². The van der Waals surface area contributed by atoms with Crippen LogP contribution in [-0.4, -0.2) is 11.0 Å². The van der Waals surface area contributed by atoms with Gasteiger partial charge in [-0.15, -0.1) is 0 Å². The molecule has 0 aliphatic carbocycles. The molecule has 0 unspecified atom stereocenters. The van der Waals surface area contributed by atoms with Gasteiger partial charge in [0.15, 0.2) is 0 Å². The molecule has 0 heterocycles. The summed E-state index contributed by atoms with van der Waals surface area (Å²) in [5.74, 6) is -0.0878. The lowest BCUT2D eigenvalue weighted by atomic mass is 10.2. The van der Waals surface area contributed by atoms with Gasteiger partial charge in [0.25, 0.3) is 0 Å². The molecule has 3 heteroatoms. The molecule has 0 fully saturated rings. The zero-order valence-corrected chi connectivity index (χ0v) is 7.39. The van der Waals surface area contributed by atoms with Gasteiger partial charge in [-0.25, -0.2) is 0 Å². The third kappa shape index (κ3) is 3.73. The van der Waals surface area contributed by atoms with Gasteiger partial charge >= 0.3 is 0 Å². The molecule has 0 aliphatic rings. The van der Waals surface area contributed by atoms with Crippen LogP contribution in [0, 0.1) is 5.41 Å². The average molecular weight is 166 g/mol. The summed E-state index contributed by atoms with van der Waals surface area (Å²) < 4.78 is 0. The lowest BCUT2D eigenvalue weighted by Gasteiger charge is -1.99. The van der Waals surface area contributed by atoms with E-state index >= 15 is 0 Å². The first kappa shape index (κ1) is 10.7. The summed E-state index contributed by atoms with van der Waals surface area (Å²) in [5, 5.41) is 15.5. The third-order valence-corrected chi connectivity index (χ3v) is 1.44. The number of allylic oxidation sites excluding steroid dienone is 3. The zero-order valence-electron chi connectivity index (χ0n) is 7.39. The first-order valence-electron chi connectivity index (χ1n) is 3.60. The quantitative estimate of drug-likeness (QED) is 0.260. The van der Waals surface area contributed by atoms with E-state index < -0.39 is 0 Å². The van der Waals surface area contributed by atoms with Crippen LogP contribution in [0.2, 0.25) is 0 Å². The fraction of sp³-hybridized carbons (Fsp3) is 0.222. The van der Waals surface area contributed by atoms with Crippen LogP contribution in [0.15, 0.2) is 36.0 Å². The van der Waals surface area contributed by atoms with E-state index in [4.69, 9.17) is 10.6 Å². The number of nitrogens with one attached hydrogen (secondary N) is 2. The third-order valence-electron chi connectivity index (χ3n) is 1.44. The van der Waals surface area contributed by atoms with E-state index in [1.807, 2.05) is 26.0 Å². The molecule has 3 nitrogen and oxygen atoms in total. The largest absolute Gasteiger partial charge is 0.290 e. The molecule has 0 aliphatic heterocycles. The highest BCUT2D eigenvalue weighted by molar-refractivity contribution is 5.96. The van der Waals surface area contributed by atoms with E-state index in [9.17, 15) is 0 Å². The van der Waals surface area contributed by atoms with Gasteiger partial charge in [0.2, 0.25) is 0 Å². The van der Waals surface area contributed by atoms with E-state index in [-0.39, 0.29) is 5.84 Å². The molecule has 12 heavy (non-hydrogen) atoms. The van der Waals surface area contributed by atoms with Crippen LogP contribution < -0.4 is 5.48 Å². The fourth-order valence-electron chi connectivity index (χ4n) is 0.483. The Morgan fingerprint density at radius 3 is 2.50 bits per heavy atom. The number of amidine groups is 1. The van der Waals surface area contributed by atoms with Crippen molar-refractivity contribution in [1.29, 1.82) is 5.41 Å². The molecule has 0 saturated heterocycles. The van der Waals surface area contributed by atoms with E-state index in [2.05, 4.69) is 6.58 Å². The predicted octanol–water partition coefficient (Wildman–Crippen LogP) is 2.02. The second-order valence-electron chi connectivity index (χ2n) is 2.38. The molecule has 0 aromatic carbocycles. The Hall–Kier alpha value is -1.35. The summed E-state index contributed by atoms with van der Waals surface area (Å²) >= 11 is 0. The highest BCUT2D eigenvalue weighted by Gasteiger charge is 1.94. The highest BCUT2D eigenvalue weighted by Crippen LogP contribution is 1.99. The Labute approximate surface area is 72.6 Å². The summed E-state index contributed by atoms with van der Waals surface area (Å²) in [5.41, 5.74) is 3.25. The van der Waals surface area contributed by atoms with Gasteiger partial charge in [-0.3, -0.25) is 16.1 Å². The smallest absolute Gasteiger partial charge is 0.148 e. The van der Waals surface area contributed by atoms with Gasteiger partial charge in [-0.1, -0.05) is 30.4 Å². The Morgan fingerprint density at radius 1 is 1.50 bits per heavy atom. The molecule has 66 valence electrons. The van der Waals surface area contributed by atoms with Crippen LogP contribution in [0.1, 0.15) is 13.8 Å². The van der Waals surface area contributed by atoms with Gasteiger partial charge in [0.1, 0.15) is 5.84 Å². The average Bonchev–Trinajstić information content (AvgIpc) is 2.11. The maximum absolute atomic E-state index is 8.34. The van der Waals surface area contributed by atoms with Crippen LogP contribution >= 0.6 is 0 Å². The lowest BCUT2D eigenvalue weighted by molar-refractivity contribution is 0.234. The summed E-state index contributed by atoms with van der Waals surface area (Å²) in [6.45, 7) is 7.44. The van der Waals surface area contributed by atoms with Crippen molar-refractivity contribution >= 4 is 5.84 Å². The van der Waals surface area contributed by atoms with Crippen LogP contribution in [0.25, 0.3) is 0 Å². The molecule has 0 atom stereocenters. The summed E-state index contributed by atoms with van der Waals surface area (Å²) in [4.78, 5) is 0. The first-order valence-corrected chi connectivity index (χ1v) is 3.60. The monoisotopic (exact) mass is 166 g/mol. The highest BCUT2D eigenvalue weighted by atomic mass is 16.5. The van der Waals surface area contributed by atoms with Gasteiger partial charge < -0.3 is 0 Å². The number of rotatable bonds is 3. The Balaban J connectivity index is 4.18.